The Hall–Kier alpha value is -0.830. The standard InChI is InChI=1S/C7H10N2O/c8-7(3-1-4-7)6-2-5-10-9-6/h2,5H,1,3-4,8H2. The molecule has 0 radical (unpaired) electrons. The fraction of sp³-hybridized carbons (Fsp3) is 0.571. The van der Waals surface area contributed by atoms with Crippen LogP contribution in [0.5, 0.6) is 0 Å². The Kier molecular flexibility index (Phi) is 1.08. The summed E-state index contributed by atoms with van der Waals surface area (Å²) in [6, 6.07) is 1.85. The van der Waals surface area contributed by atoms with Crippen molar-refractivity contribution >= 4 is 0 Å². The van der Waals surface area contributed by atoms with Crippen LogP contribution in [0.15, 0.2) is 16.9 Å². The summed E-state index contributed by atoms with van der Waals surface area (Å²) in [5.41, 5.74) is 6.69. The molecule has 0 spiro atoms. The van der Waals surface area contributed by atoms with Crippen molar-refractivity contribution in [3.63, 3.8) is 0 Å². The second-order valence-corrected chi connectivity index (χ2v) is 2.89. The molecule has 1 heterocycles. The molecule has 3 nitrogen and oxygen atoms in total. The molecule has 0 bridgehead atoms. The van der Waals surface area contributed by atoms with Gasteiger partial charge in [-0.1, -0.05) is 5.16 Å². The number of nitrogens with zero attached hydrogens (tertiary/aromatic N) is 1. The van der Waals surface area contributed by atoms with E-state index >= 15 is 0 Å². The smallest absolute Gasteiger partial charge is 0.124 e. The van der Waals surface area contributed by atoms with Crippen LogP contribution in [-0.4, -0.2) is 5.16 Å². The quantitative estimate of drug-likeness (QED) is 0.630. The number of hydrogen-bond acceptors (Lipinski definition) is 3. The fourth-order valence-electron chi connectivity index (χ4n) is 1.28. The average molecular weight is 138 g/mol. The molecule has 0 unspecified atom stereocenters. The van der Waals surface area contributed by atoms with Crippen molar-refractivity contribution < 1.29 is 4.52 Å². The first-order valence-electron chi connectivity index (χ1n) is 3.51. The van der Waals surface area contributed by atoms with Gasteiger partial charge in [-0.25, -0.2) is 0 Å². The van der Waals surface area contributed by atoms with E-state index in [0.717, 1.165) is 18.5 Å². The number of rotatable bonds is 1. The van der Waals surface area contributed by atoms with Crippen LogP contribution in [-0.2, 0) is 5.54 Å². The van der Waals surface area contributed by atoms with Gasteiger partial charge in [-0.3, -0.25) is 0 Å². The second-order valence-electron chi connectivity index (χ2n) is 2.89. The summed E-state index contributed by atoms with van der Waals surface area (Å²) in [6.07, 6.45) is 4.87. The Bertz CT molecular complexity index is 214. The lowest BCUT2D eigenvalue weighted by Gasteiger charge is -2.35. The van der Waals surface area contributed by atoms with Gasteiger partial charge in [0.05, 0.1) is 5.54 Å². The first-order valence-corrected chi connectivity index (χ1v) is 3.51. The van der Waals surface area contributed by atoms with Crippen molar-refractivity contribution in [3.8, 4) is 0 Å². The zero-order valence-corrected chi connectivity index (χ0v) is 5.71. The molecule has 1 fully saturated rings. The molecule has 0 aliphatic heterocycles. The van der Waals surface area contributed by atoms with Gasteiger partial charge in [-0.05, 0) is 19.3 Å². The predicted molar refractivity (Wildman–Crippen MR) is 36.2 cm³/mol. The summed E-state index contributed by atoms with van der Waals surface area (Å²) in [5.74, 6) is 0. The highest BCUT2D eigenvalue weighted by Crippen LogP contribution is 2.37. The minimum atomic E-state index is -0.160. The van der Waals surface area contributed by atoms with Crippen LogP contribution in [0.3, 0.4) is 0 Å². The van der Waals surface area contributed by atoms with Gasteiger partial charge in [0.1, 0.15) is 12.0 Å². The minimum absolute atomic E-state index is 0.160. The predicted octanol–water partition coefficient (Wildman–Crippen LogP) is 1.01. The van der Waals surface area contributed by atoms with E-state index in [0.29, 0.717) is 0 Å². The molecule has 0 amide bonds. The molecule has 2 N–H and O–H groups in total. The molecule has 0 aromatic carbocycles. The molecule has 1 saturated carbocycles. The van der Waals surface area contributed by atoms with E-state index in [1.807, 2.05) is 6.07 Å². The topological polar surface area (TPSA) is 52.0 Å². The summed E-state index contributed by atoms with van der Waals surface area (Å²) in [6.45, 7) is 0. The third-order valence-electron chi connectivity index (χ3n) is 2.19. The normalized spacial score (nSPS) is 22.1. The Morgan fingerprint density at radius 2 is 2.40 bits per heavy atom. The zero-order chi connectivity index (χ0) is 7.03. The van der Waals surface area contributed by atoms with Crippen LogP contribution in [0, 0.1) is 0 Å². The van der Waals surface area contributed by atoms with E-state index in [9.17, 15) is 0 Å². The van der Waals surface area contributed by atoms with Crippen LogP contribution in [0.25, 0.3) is 0 Å². The van der Waals surface area contributed by atoms with Crippen LogP contribution in [0.2, 0.25) is 0 Å². The molecule has 1 aliphatic carbocycles. The summed E-state index contributed by atoms with van der Waals surface area (Å²) in [7, 11) is 0. The lowest BCUT2D eigenvalue weighted by molar-refractivity contribution is 0.234. The summed E-state index contributed by atoms with van der Waals surface area (Å²) in [4.78, 5) is 0. The molecule has 0 saturated heterocycles. The molecule has 54 valence electrons. The van der Waals surface area contributed by atoms with Crippen molar-refractivity contribution in [1.82, 2.24) is 5.16 Å². The van der Waals surface area contributed by atoms with Gasteiger partial charge in [0.15, 0.2) is 0 Å². The molecule has 10 heavy (non-hydrogen) atoms. The van der Waals surface area contributed by atoms with E-state index in [1.54, 1.807) is 6.26 Å². The van der Waals surface area contributed by atoms with E-state index in [4.69, 9.17) is 10.3 Å². The van der Waals surface area contributed by atoms with E-state index in [-0.39, 0.29) is 5.54 Å². The highest BCUT2D eigenvalue weighted by molar-refractivity contribution is 5.14. The Morgan fingerprint density at radius 1 is 1.60 bits per heavy atom. The molecular formula is C7H10N2O. The SMILES string of the molecule is NC1(c2ccon2)CCC1. The van der Waals surface area contributed by atoms with Gasteiger partial charge < -0.3 is 10.3 Å². The summed E-state index contributed by atoms with van der Waals surface area (Å²) >= 11 is 0. The van der Waals surface area contributed by atoms with Gasteiger partial charge in [-0.15, -0.1) is 0 Å². The lowest BCUT2D eigenvalue weighted by atomic mass is 9.75. The van der Waals surface area contributed by atoms with Crippen molar-refractivity contribution in [1.29, 1.82) is 0 Å². The van der Waals surface area contributed by atoms with E-state index in [2.05, 4.69) is 5.16 Å². The van der Waals surface area contributed by atoms with Crippen LogP contribution >= 0.6 is 0 Å². The maximum atomic E-state index is 5.95. The summed E-state index contributed by atoms with van der Waals surface area (Å²) in [5, 5.41) is 3.81. The van der Waals surface area contributed by atoms with Gasteiger partial charge >= 0.3 is 0 Å². The van der Waals surface area contributed by atoms with E-state index < -0.39 is 0 Å². The molecule has 0 atom stereocenters. The Morgan fingerprint density at radius 3 is 2.80 bits per heavy atom. The maximum Gasteiger partial charge on any atom is 0.124 e. The first kappa shape index (κ1) is 5.92. The second kappa shape index (κ2) is 1.83. The van der Waals surface area contributed by atoms with Crippen molar-refractivity contribution in [2.75, 3.05) is 0 Å². The van der Waals surface area contributed by atoms with Gasteiger partial charge in [0.25, 0.3) is 0 Å². The zero-order valence-electron chi connectivity index (χ0n) is 5.71. The van der Waals surface area contributed by atoms with Gasteiger partial charge in [-0.2, -0.15) is 0 Å². The Labute approximate surface area is 59.2 Å². The highest BCUT2D eigenvalue weighted by atomic mass is 16.5. The average Bonchev–Trinajstić information content (AvgIpc) is 2.33. The molecular weight excluding hydrogens is 128 g/mol. The number of hydrogen-bond donors (Lipinski definition) is 1. The maximum absolute atomic E-state index is 5.95. The monoisotopic (exact) mass is 138 g/mol. The van der Waals surface area contributed by atoms with Gasteiger partial charge in [0, 0.05) is 6.07 Å². The van der Waals surface area contributed by atoms with E-state index in [1.165, 1.54) is 6.42 Å². The number of aromatic nitrogens is 1. The first-order chi connectivity index (χ1) is 4.81. The van der Waals surface area contributed by atoms with Crippen molar-refractivity contribution in [2.45, 2.75) is 24.8 Å². The van der Waals surface area contributed by atoms with Crippen LogP contribution in [0.4, 0.5) is 0 Å². The third kappa shape index (κ3) is 0.671. The molecule has 1 aliphatic rings. The van der Waals surface area contributed by atoms with Crippen LogP contribution < -0.4 is 5.73 Å². The fourth-order valence-corrected chi connectivity index (χ4v) is 1.28. The van der Waals surface area contributed by atoms with Gasteiger partial charge in [0.2, 0.25) is 0 Å². The van der Waals surface area contributed by atoms with Crippen molar-refractivity contribution in [3.05, 3.63) is 18.0 Å². The van der Waals surface area contributed by atoms with Crippen molar-refractivity contribution in [2.24, 2.45) is 5.73 Å². The molecule has 2 rings (SSSR count). The minimum Gasteiger partial charge on any atom is -0.364 e. The molecule has 1 aromatic heterocycles. The highest BCUT2D eigenvalue weighted by Gasteiger charge is 2.36. The number of nitrogens with two attached hydrogens (primary N) is 1. The molecule has 3 heteroatoms. The largest absolute Gasteiger partial charge is 0.364 e. The molecule has 1 aromatic rings. The van der Waals surface area contributed by atoms with Crippen LogP contribution in [0.1, 0.15) is 25.0 Å². The summed E-state index contributed by atoms with van der Waals surface area (Å²) < 4.78 is 4.71. The third-order valence-corrected chi connectivity index (χ3v) is 2.19. The lowest BCUT2D eigenvalue weighted by Crippen LogP contribution is -2.43. The Balaban J connectivity index is 2.27.